The predicted molar refractivity (Wildman–Crippen MR) is 207 cm³/mol. The van der Waals surface area contributed by atoms with E-state index >= 15 is 0 Å². The van der Waals surface area contributed by atoms with Crippen LogP contribution in [0.1, 0.15) is 90.8 Å². The Bertz CT molecular complexity index is 2350. The number of carbonyl (C=O) groups excluding carboxylic acids is 1. The number of carbonyl (C=O) groups is 1. The van der Waals surface area contributed by atoms with Crippen LogP contribution in [-0.2, 0) is 31.3 Å². The van der Waals surface area contributed by atoms with E-state index in [-0.39, 0.29) is 48.9 Å². The van der Waals surface area contributed by atoms with Gasteiger partial charge >= 0.3 is 0 Å². The van der Waals surface area contributed by atoms with Crippen molar-refractivity contribution in [2.24, 2.45) is 17.3 Å². The van der Waals surface area contributed by atoms with E-state index in [0.29, 0.717) is 0 Å². The topological polar surface area (TPSA) is 67.5 Å². The fraction of sp³-hybridized carbons (Fsp3) is 0.386. The molecule has 0 aliphatic rings. The Morgan fingerprint density at radius 1 is 0.820 bits per heavy atom. The van der Waals surface area contributed by atoms with Gasteiger partial charge in [0, 0.05) is 59.8 Å². The summed E-state index contributed by atoms with van der Waals surface area (Å²) in [6.07, 6.45) is 7.66. The van der Waals surface area contributed by atoms with Crippen molar-refractivity contribution in [3.63, 3.8) is 0 Å². The van der Waals surface area contributed by atoms with Crippen molar-refractivity contribution in [3.05, 3.63) is 89.5 Å². The largest absolute Gasteiger partial charge is 0.512 e. The first-order valence-electron chi connectivity index (χ1n) is 18.0. The van der Waals surface area contributed by atoms with Crippen LogP contribution in [0.4, 0.5) is 0 Å². The van der Waals surface area contributed by atoms with Crippen LogP contribution >= 0.6 is 0 Å². The smallest absolute Gasteiger partial charge is 0.162 e. The Kier molecular flexibility index (Phi) is 11.1. The summed E-state index contributed by atoms with van der Waals surface area (Å²) in [7, 11) is 0. The molecular weight excluding hydrogens is 795 g/mol. The van der Waals surface area contributed by atoms with Crippen LogP contribution in [0.3, 0.4) is 0 Å². The van der Waals surface area contributed by atoms with Gasteiger partial charge < -0.3 is 9.51 Å². The minimum Gasteiger partial charge on any atom is -0.512 e. The van der Waals surface area contributed by atoms with Crippen molar-refractivity contribution >= 4 is 65.7 Å². The number of aliphatic hydroxyl groups excluding tert-OH is 1. The summed E-state index contributed by atoms with van der Waals surface area (Å²) in [5, 5.41) is 16.8. The van der Waals surface area contributed by atoms with E-state index in [1.165, 1.54) is 55.3 Å². The first-order chi connectivity index (χ1) is 23.4. The summed E-state index contributed by atoms with van der Waals surface area (Å²) in [6.45, 7) is 19.5. The fourth-order valence-electron chi connectivity index (χ4n) is 7.68. The van der Waals surface area contributed by atoms with Crippen molar-refractivity contribution in [2.45, 2.75) is 94.4 Å². The second kappa shape index (κ2) is 14.8. The molecule has 6 heteroatoms. The molecule has 3 aromatic carbocycles. The molecule has 4 aromatic heterocycles. The van der Waals surface area contributed by atoms with E-state index in [1.54, 1.807) is 6.33 Å². The van der Waals surface area contributed by atoms with Gasteiger partial charge in [-0.3, -0.25) is 9.78 Å². The number of hydrogen-bond donors (Lipinski definition) is 1. The van der Waals surface area contributed by atoms with Gasteiger partial charge in [0.1, 0.15) is 6.33 Å². The minimum atomic E-state index is 0. The second-order valence-corrected chi connectivity index (χ2v) is 15.0. The van der Waals surface area contributed by atoms with Gasteiger partial charge in [0.25, 0.3) is 0 Å². The molecule has 1 N–H and O–H groups in total. The first kappa shape index (κ1) is 37.4. The molecule has 50 heavy (non-hydrogen) atoms. The summed E-state index contributed by atoms with van der Waals surface area (Å²) in [4.78, 5) is 21.4. The molecule has 5 nitrogen and oxygen atoms in total. The molecule has 7 rings (SSSR count). The normalized spacial score (nSPS) is 12.6. The van der Waals surface area contributed by atoms with Crippen molar-refractivity contribution in [3.8, 4) is 0 Å². The summed E-state index contributed by atoms with van der Waals surface area (Å²) >= 11 is 0. The molecule has 0 aliphatic heterocycles. The van der Waals surface area contributed by atoms with Gasteiger partial charge in [0.15, 0.2) is 5.78 Å². The zero-order valence-corrected chi connectivity index (χ0v) is 33.4. The monoisotopic (exact) mass is 845 g/mol. The number of nitrogens with zero attached hydrogens (tertiary/aromatic N) is 3. The van der Waals surface area contributed by atoms with Crippen molar-refractivity contribution < 1.29 is 30.0 Å². The van der Waals surface area contributed by atoms with Crippen LogP contribution in [0.15, 0.2) is 66.7 Å². The molecule has 0 spiro atoms. The van der Waals surface area contributed by atoms with E-state index in [2.05, 4.69) is 93.6 Å². The summed E-state index contributed by atoms with van der Waals surface area (Å²) in [6, 6.07) is 21.4. The van der Waals surface area contributed by atoms with E-state index in [9.17, 15) is 9.90 Å². The van der Waals surface area contributed by atoms with Crippen LogP contribution in [0, 0.1) is 37.2 Å². The maximum atomic E-state index is 11.7. The molecule has 0 atom stereocenters. The molecule has 0 saturated heterocycles. The maximum Gasteiger partial charge on any atom is 0.162 e. The zero-order chi connectivity index (χ0) is 35.2. The van der Waals surface area contributed by atoms with Crippen molar-refractivity contribution in [1.29, 1.82) is 0 Å². The van der Waals surface area contributed by atoms with Gasteiger partial charge in [-0.25, -0.2) is 4.98 Å². The van der Waals surface area contributed by atoms with Crippen LogP contribution in [0.25, 0.3) is 59.9 Å². The molecule has 0 bridgehead atoms. The van der Waals surface area contributed by atoms with Gasteiger partial charge in [-0.15, -0.1) is 23.6 Å². The molecule has 0 unspecified atom stereocenters. The number of aromatic nitrogens is 3. The van der Waals surface area contributed by atoms with Crippen LogP contribution < -0.4 is 0 Å². The van der Waals surface area contributed by atoms with Crippen molar-refractivity contribution in [1.82, 2.24) is 14.4 Å². The third kappa shape index (κ3) is 6.65. The fourth-order valence-corrected chi connectivity index (χ4v) is 7.68. The Labute approximate surface area is 309 Å². The zero-order valence-electron chi connectivity index (χ0n) is 31.0. The SMILES string of the molecule is CCC(CC)C(=O)/C=C(\O)C(CC)CC.Cc1c(C)c2c3cc(CC(C)(C)C)ccc3c3ncnc4c5[c-]c6ccccc6cc5c1n2c43.[Ir]. The molecule has 0 saturated carbocycles. The average molecular weight is 845 g/mol. The molecular formula is C44H50IrN3O2-. The molecule has 0 amide bonds. The molecule has 263 valence electrons. The molecule has 4 heterocycles. The van der Waals surface area contributed by atoms with E-state index < -0.39 is 0 Å². The minimum absolute atomic E-state index is 0. The summed E-state index contributed by atoms with van der Waals surface area (Å²) in [5.74, 6) is 0.547. The van der Waals surface area contributed by atoms with E-state index in [1.807, 2.05) is 27.7 Å². The number of aryl methyl sites for hydroxylation is 2. The van der Waals surface area contributed by atoms with E-state index in [0.717, 1.165) is 59.4 Å². The Balaban J connectivity index is 0.000000261. The number of fused-ring (bicyclic) bond motifs is 7. The second-order valence-electron chi connectivity index (χ2n) is 15.0. The van der Waals surface area contributed by atoms with Gasteiger partial charge in [-0.1, -0.05) is 95.0 Å². The maximum absolute atomic E-state index is 11.7. The summed E-state index contributed by atoms with van der Waals surface area (Å²) in [5.41, 5.74) is 9.85. The Hall–Kier alpha value is -3.86. The van der Waals surface area contributed by atoms with Gasteiger partial charge in [0.2, 0.25) is 0 Å². The molecule has 1 radical (unpaired) electrons. The third-order valence-corrected chi connectivity index (χ3v) is 10.5. The number of allylic oxidation sites excluding steroid dienone is 2. The third-order valence-electron chi connectivity index (χ3n) is 10.5. The molecule has 7 aromatic rings. The standard InChI is InChI=1S/C31H26N3.C13H24O2.Ir/c1-17-18(2)29-25-14-21-9-7-6-8-20(21)13-23(25)27-30-26(32-16-33-27)22-11-10-19(15-31(3,4)5)12-24(22)28(17)34(29)30;1-5-10(6-2)12(14)9-13(15)11(7-3)8-4;/h6-12,14,16H,15H2,1-5H3;9-11,14H,5-8H2,1-4H3;/q-1;;/b;12-9-;. The van der Waals surface area contributed by atoms with Gasteiger partial charge in [-0.05, 0) is 74.1 Å². The van der Waals surface area contributed by atoms with Crippen LogP contribution in [0.5, 0.6) is 0 Å². The number of aliphatic hydroxyl groups is 1. The molecule has 0 aliphatic carbocycles. The predicted octanol–water partition coefficient (Wildman–Crippen LogP) is 11.8. The number of benzene rings is 3. The Morgan fingerprint density at radius 3 is 2.08 bits per heavy atom. The number of ketones is 1. The number of hydrogen-bond acceptors (Lipinski definition) is 4. The van der Waals surface area contributed by atoms with Crippen molar-refractivity contribution in [2.75, 3.05) is 0 Å². The van der Waals surface area contributed by atoms with Crippen LogP contribution in [-0.4, -0.2) is 25.3 Å². The van der Waals surface area contributed by atoms with E-state index in [4.69, 9.17) is 9.97 Å². The Morgan fingerprint density at radius 2 is 1.44 bits per heavy atom. The first-order valence-corrected chi connectivity index (χ1v) is 18.0. The summed E-state index contributed by atoms with van der Waals surface area (Å²) < 4.78 is 2.43. The van der Waals surface area contributed by atoms with Crippen LogP contribution in [0.2, 0.25) is 0 Å². The van der Waals surface area contributed by atoms with Gasteiger partial charge in [-0.2, -0.15) is 0 Å². The number of rotatable bonds is 8. The average Bonchev–Trinajstić information content (AvgIpc) is 3.34. The van der Waals surface area contributed by atoms with Gasteiger partial charge in [0.05, 0.1) is 22.3 Å². The number of pyridine rings is 2. The quantitative estimate of drug-likeness (QED) is 0.0544. The molecule has 0 fully saturated rings.